The fourth-order valence-corrected chi connectivity index (χ4v) is 10.5. The summed E-state index contributed by atoms with van der Waals surface area (Å²) < 4.78 is 5.68. The van der Waals surface area contributed by atoms with Gasteiger partial charge in [0.05, 0.1) is 0 Å². The summed E-state index contributed by atoms with van der Waals surface area (Å²) in [7, 11) is 0. The van der Waals surface area contributed by atoms with Crippen LogP contribution in [0.15, 0.2) is 0 Å². The summed E-state index contributed by atoms with van der Waals surface area (Å²) in [6.07, 6.45) is 18.3. The fraction of sp³-hybridized carbons (Fsp3) is 0.968. The van der Waals surface area contributed by atoms with Crippen molar-refractivity contribution >= 4 is 5.97 Å². The molecule has 5 fully saturated rings. The van der Waals surface area contributed by atoms with Crippen LogP contribution in [0.2, 0.25) is 0 Å². The lowest BCUT2D eigenvalue weighted by Gasteiger charge is -2.64. The van der Waals surface area contributed by atoms with E-state index in [1.807, 2.05) is 0 Å². The van der Waals surface area contributed by atoms with Gasteiger partial charge in [0.25, 0.3) is 0 Å². The Labute approximate surface area is 204 Å². The molecule has 5 saturated carbocycles. The smallest absolute Gasteiger partial charge is 0.302 e. The van der Waals surface area contributed by atoms with Crippen LogP contribution in [0.3, 0.4) is 0 Å². The third kappa shape index (κ3) is 4.22. The van der Waals surface area contributed by atoms with Crippen molar-refractivity contribution in [2.24, 2.45) is 57.7 Å². The van der Waals surface area contributed by atoms with Gasteiger partial charge in [0.1, 0.15) is 6.10 Å². The number of carbonyl (C=O) groups excluding carboxylic acids is 1. The van der Waals surface area contributed by atoms with Gasteiger partial charge in [0.15, 0.2) is 0 Å². The molecule has 10 unspecified atom stereocenters. The monoisotopic (exact) mass is 456 g/mol. The van der Waals surface area contributed by atoms with Gasteiger partial charge in [0.2, 0.25) is 0 Å². The Morgan fingerprint density at radius 2 is 1.64 bits per heavy atom. The molecule has 2 nitrogen and oxygen atoms in total. The maximum Gasteiger partial charge on any atom is 0.302 e. The SMILES string of the molecule is CC(=O)OC1CCC2(C)C(CCC3C2CCC2(C)C(C(C)CCC4CC4(C)C)CCCC32)C1. The van der Waals surface area contributed by atoms with E-state index in [1.54, 1.807) is 6.92 Å². The molecule has 2 heteroatoms. The Morgan fingerprint density at radius 3 is 2.33 bits per heavy atom. The van der Waals surface area contributed by atoms with Crippen LogP contribution in [0.25, 0.3) is 0 Å². The molecule has 0 bridgehead atoms. The molecule has 0 aromatic heterocycles. The first-order valence-electron chi connectivity index (χ1n) is 14.7. The van der Waals surface area contributed by atoms with Crippen LogP contribution in [-0.4, -0.2) is 12.1 Å². The van der Waals surface area contributed by atoms with Gasteiger partial charge < -0.3 is 4.74 Å². The maximum atomic E-state index is 11.6. The summed E-state index contributed by atoms with van der Waals surface area (Å²) in [5.41, 5.74) is 1.70. The highest BCUT2D eigenvalue weighted by Crippen LogP contribution is 2.67. The molecular formula is C31H52O2. The minimum atomic E-state index is -0.0849. The van der Waals surface area contributed by atoms with E-state index in [0.29, 0.717) is 16.2 Å². The van der Waals surface area contributed by atoms with Gasteiger partial charge in [-0.15, -0.1) is 0 Å². The Kier molecular flexibility index (Phi) is 6.26. The summed E-state index contributed by atoms with van der Waals surface area (Å²) in [4.78, 5) is 11.6. The molecule has 33 heavy (non-hydrogen) atoms. The molecule has 0 amide bonds. The molecule has 0 saturated heterocycles. The first-order chi connectivity index (χ1) is 15.5. The summed E-state index contributed by atoms with van der Waals surface area (Å²) in [6, 6.07) is 0. The molecule has 188 valence electrons. The van der Waals surface area contributed by atoms with E-state index in [1.165, 1.54) is 70.6 Å². The lowest BCUT2D eigenvalue weighted by atomic mass is 9.41. The van der Waals surface area contributed by atoms with Crippen LogP contribution in [0, 0.1) is 57.7 Å². The molecule has 5 aliphatic rings. The predicted octanol–water partition coefficient (Wildman–Crippen LogP) is 8.43. The maximum absolute atomic E-state index is 11.6. The standard InChI is InChI=1S/C31H52O2/c1-20(10-11-23-19-29(23,3)4)26-8-7-9-27-25-13-12-22-18-24(33-21(2)32)14-16-30(22,5)28(25)15-17-31(26,27)6/h20,22-28H,7-19H2,1-6H3. The van der Waals surface area contributed by atoms with Crippen molar-refractivity contribution in [1.29, 1.82) is 0 Å². The van der Waals surface area contributed by atoms with Crippen molar-refractivity contribution in [3.8, 4) is 0 Å². The summed E-state index contributed by atoms with van der Waals surface area (Å²) >= 11 is 0. The van der Waals surface area contributed by atoms with Gasteiger partial charge in [0, 0.05) is 6.92 Å². The molecule has 5 rings (SSSR count). The first kappa shape index (κ1) is 24.2. The quantitative estimate of drug-likeness (QED) is 0.388. The number of carbonyl (C=O) groups is 1. The zero-order chi connectivity index (χ0) is 23.6. The van der Waals surface area contributed by atoms with Crippen LogP contribution >= 0.6 is 0 Å². The van der Waals surface area contributed by atoms with Crippen molar-refractivity contribution < 1.29 is 9.53 Å². The normalized spacial score (nSPS) is 49.2. The average molecular weight is 457 g/mol. The summed E-state index contributed by atoms with van der Waals surface area (Å²) in [5.74, 6) is 6.35. The fourth-order valence-electron chi connectivity index (χ4n) is 10.5. The first-order valence-corrected chi connectivity index (χ1v) is 14.7. The highest BCUT2D eigenvalue weighted by atomic mass is 16.5. The third-order valence-corrected chi connectivity index (χ3v) is 12.6. The van der Waals surface area contributed by atoms with Crippen LogP contribution < -0.4 is 0 Å². The van der Waals surface area contributed by atoms with Gasteiger partial charge >= 0.3 is 5.97 Å². The molecule has 0 radical (unpaired) electrons. The number of esters is 1. The molecule has 0 heterocycles. The Hall–Kier alpha value is -0.530. The molecule has 0 N–H and O–H groups in total. The molecule has 0 aliphatic heterocycles. The topological polar surface area (TPSA) is 26.3 Å². The molecular weight excluding hydrogens is 404 g/mol. The van der Waals surface area contributed by atoms with Crippen molar-refractivity contribution in [3.05, 3.63) is 0 Å². The molecule has 10 atom stereocenters. The highest BCUT2D eigenvalue weighted by Gasteiger charge is 2.59. The van der Waals surface area contributed by atoms with Crippen LogP contribution in [-0.2, 0) is 9.53 Å². The number of hydrogen-bond acceptors (Lipinski definition) is 2. The second-order valence-electron chi connectivity index (χ2n) is 14.7. The van der Waals surface area contributed by atoms with E-state index in [-0.39, 0.29) is 12.1 Å². The average Bonchev–Trinajstić information content (AvgIpc) is 3.37. The molecule has 0 aromatic carbocycles. The largest absolute Gasteiger partial charge is 0.463 e. The lowest BCUT2D eigenvalue weighted by molar-refractivity contribution is -0.169. The number of rotatable bonds is 5. The van der Waals surface area contributed by atoms with Crippen LogP contribution in [0.4, 0.5) is 0 Å². The zero-order valence-corrected chi connectivity index (χ0v) is 22.6. The van der Waals surface area contributed by atoms with E-state index >= 15 is 0 Å². The van der Waals surface area contributed by atoms with Crippen molar-refractivity contribution in [3.63, 3.8) is 0 Å². The molecule has 0 spiro atoms. The Balaban J connectivity index is 1.27. The van der Waals surface area contributed by atoms with Gasteiger partial charge in [-0.3, -0.25) is 4.79 Å². The van der Waals surface area contributed by atoms with Gasteiger partial charge in [-0.2, -0.15) is 0 Å². The number of ether oxygens (including phenoxy) is 1. The van der Waals surface area contributed by atoms with E-state index in [4.69, 9.17) is 4.74 Å². The van der Waals surface area contributed by atoms with Crippen LogP contribution in [0.5, 0.6) is 0 Å². The van der Waals surface area contributed by atoms with E-state index in [0.717, 1.165) is 54.3 Å². The van der Waals surface area contributed by atoms with Gasteiger partial charge in [-0.1, -0.05) is 47.5 Å². The van der Waals surface area contributed by atoms with E-state index in [2.05, 4.69) is 34.6 Å². The highest BCUT2D eigenvalue weighted by molar-refractivity contribution is 5.66. The lowest BCUT2D eigenvalue weighted by Crippen LogP contribution is -2.57. The van der Waals surface area contributed by atoms with Crippen molar-refractivity contribution in [1.82, 2.24) is 0 Å². The summed E-state index contributed by atoms with van der Waals surface area (Å²) in [5, 5.41) is 0. The van der Waals surface area contributed by atoms with E-state index < -0.39 is 0 Å². The third-order valence-electron chi connectivity index (χ3n) is 12.6. The number of hydrogen-bond donors (Lipinski definition) is 0. The van der Waals surface area contributed by atoms with Crippen LogP contribution in [0.1, 0.15) is 125 Å². The zero-order valence-electron chi connectivity index (χ0n) is 22.6. The van der Waals surface area contributed by atoms with Gasteiger partial charge in [-0.05, 0) is 128 Å². The summed E-state index contributed by atoms with van der Waals surface area (Å²) in [6.45, 7) is 14.5. The Morgan fingerprint density at radius 1 is 0.939 bits per heavy atom. The van der Waals surface area contributed by atoms with Crippen molar-refractivity contribution in [2.75, 3.05) is 0 Å². The van der Waals surface area contributed by atoms with Crippen molar-refractivity contribution in [2.45, 2.75) is 131 Å². The Bertz CT molecular complexity index is 741. The minimum Gasteiger partial charge on any atom is -0.463 e. The van der Waals surface area contributed by atoms with E-state index in [9.17, 15) is 4.79 Å². The second-order valence-corrected chi connectivity index (χ2v) is 14.7. The predicted molar refractivity (Wildman–Crippen MR) is 136 cm³/mol. The minimum absolute atomic E-state index is 0.0849. The number of fused-ring (bicyclic) bond motifs is 5. The molecule has 5 aliphatic carbocycles. The second kappa shape index (κ2) is 8.55. The van der Waals surface area contributed by atoms with Gasteiger partial charge in [-0.25, -0.2) is 0 Å². The molecule has 0 aromatic rings.